The van der Waals surface area contributed by atoms with E-state index in [9.17, 15) is 9.18 Å². The highest BCUT2D eigenvalue weighted by molar-refractivity contribution is 5.68. The van der Waals surface area contributed by atoms with Gasteiger partial charge in [0.2, 0.25) is 0 Å². The van der Waals surface area contributed by atoms with Crippen molar-refractivity contribution in [2.45, 2.75) is 59.1 Å². The van der Waals surface area contributed by atoms with E-state index in [1.165, 1.54) is 6.07 Å². The van der Waals surface area contributed by atoms with Gasteiger partial charge in [0.15, 0.2) is 17.2 Å². The van der Waals surface area contributed by atoms with E-state index in [1.807, 2.05) is 6.92 Å². The van der Waals surface area contributed by atoms with Crippen LogP contribution in [0.2, 0.25) is 0 Å². The minimum atomic E-state index is -0.728. The van der Waals surface area contributed by atoms with Gasteiger partial charge in [0.05, 0.1) is 17.4 Å². The molecule has 0 radical (unpaired) electrons. The molecule has 1 amide bonds. The highest BCUT2D eigenvalue weighted by atomic mass is 19.1. The molecule has 1 unspecified atom stereocenters. The maximum absolute atomic E-state index is 14.9. The smallest absolute Gasteiger partial charge is 0.408 e. The standard InChI is InChI=1S/C24H31FN4O3/c1-16(2)14-24(6,28-22(30)32-23(3,4)5)15-31-20-8-7-17(13-18(20)25)19-9-11-26-21-10-12-27-29(19)21/h7-13,16H,14-15H2,1-6H3,(H,28,30). The summed E-state index contributed by atoms with van der Waals surface area (Å²) in [6, 6.07) is 8.33. The Morgan fingerprint density at radius 2 is 1.91 bits per heavy atom. The fraction of sp³-hybridized carbons (Fsp3) is 0.458. The lowest BCUT2D eigenvalue weighted by Gasteiger charge is -2.33. The van der Waals surface area contributed by atoms with E-state index >= 15 is 0 Å². The van der Waals surface area contributed by atoms with Crippen LogP contribution in [-0.2, 0) is 4.74 Å². The number of aromatic nitrogens is 3. The lowest BCUT2D eigenvalue weighted by molar-refractivity contribution is 0.0406. The first-order valence-electron chi connectivity index (χ1n) is 10.7. The zero-order chi connectivity index (χ0) is 23.5. The highest BCUT2D eigenvalue weighted by Crippen LogP contribution is 2.27. The summed E-state index contributed by atoms with van der Waals surface area (Å²) in [5, 5.41) is 7.14. The summed E-state index contributed by atoms with van der Waals surface area (Å²) in [5.74, 6) is -0.0989. The van der Waals surface area contributed by atoms with E-state index in [4.69, 9.17) is 9.47 Å². The number of carbonyl (C=O) groups excluding carboxylic acids is 1. The fourth-order valence-electron chi connectivity index (χ4n) is 3.66. The van der Waals surface area contributed by atoms with Gasteiger partial charge in [0.25, 0.3) is 0 Å². The zero-order valence-electron chi connectivity index (χ0n) is 19.5. The lowest BCUT2D eigenvalue weighted by Crippen LogP contribution is -2.52. The summed E-state index contributed by atoms with van der Waals surface area (Å²) in [5.41, 5.74) is 0.720. The number of hydrogen-bond acceptors (Lipinski definition) is 5. The average Bonchev–Trinajstić information content (AvgIpc) is 3.13. The molecule has 0 spiro atoms. The minimum absolute atomic E-state index is 0.0966. The largest absolute Gasteiger partial charge is 0.488 e. The van der Waals surface area contributed by atoms with E-state index in [1.54, 1.807) is 61.9 Å². The monoisotopic (exact) mass is 442 g/mol. The van der Waals surface area contributed by atoms with Crippen molar-refractivity contribution >= 4 is 11.7 Å². The summed E-state index contributed by atoms with van der Waals surface area (Å²) in [6.45, 7) is 11.5. The summed E-state index contributed by atoms with van der Waals surface area (Å²) in [7, 11) is 0. The maximum Gasteiger partial charge on any atom is 0.408 e. The van der Waals surface area contributed by atoms with Crippen molar-refractivity contribution in [2.24, 2.45) is 5.92 Å². The van der Waals surface area contributed by atoms with Crippen molar-refractivity contribution in [3.05, 3.63) is 48.5 Å². The fourth-order valence-corrected chi connectivity index (χ4v) is 3.66. The van der Waals surface area contributed by atoms with Crippen LogP contribution in [0.15, 0.2) is 42.7 Å². The second-order valence-corrected chi connectivity index (χ2v) is 9.65. The number of nitrogens with one attached hydrogen (secondary N) is 1. The van der Waals surface area contributed by atoms with Crippen LogP contribution >= 0.6 is 0 Å². The maximum atomic E-state index is 14.9. The van der Waals surface area contributed by atoms with Crippen LogP contribution < -0.4 is 10.1 Å². The normalized spacial score (nSPS) is 13.8. The third kappa shape index (κ3) is 5.96. The van der Waals surface area contributed by atoms with Crippen LogP contribution in [-0.4, -0.2) is 38.4 Å². The van der Waals surface area contributed by atoms with Crippen molar-refractivity contribution < 1.29 is 18.7 Å². The first-order valence-corrected chi connectivity index (χ1v) is 10.7. The Hall–Kier alpha value is -3.16. The highest BCUT2D eigenvalue weighted by Gasteiger charge is 2.31. The third-order valence-electron chi connectivity index (χ3n) is 4.73. The van der Waals surface area contributed by atoms with Gasteiger partial charge in [-0.2, -0.15) is 5.10 Å². The van der Waals surface area contributed by atoms with Crippen LogP contribution in [0.1, 0.15) is 48.0 Å². The summed E-state index contributed by atoms with van der Waals surface area (Å²) < 4.78 is 27.8. The van der Waals surface area contributed by atoms with Crippen molar-refractivity contribution in [3.63, 3.8) is 0 Å². The van der Waals surface area contributed by atoms with Gasteiger partial charge in [-0.15, -0.1) is 0 Å². The number of ether oxygens (including phenoxy) is 2. The van der Waals surface area contributed by atoms with Crippen LogP contribution in [0.4, 0.5) is 9.18 Å². The SMILES string of the molecule is CC(C)CC(C)(COc1ccc(-c2ccnc3ccnn23)cc1F)NC(=O)OC(C)(C)C. The van der Waals surface area contributed by atoms with E-state index in [0.717, 1.165) is 5.69 Å². The topological polar surface area (TPSA) is 77.8 Å². The molecule has 0 saturated carbocycles. The molecule has 2 heterocycles. The predicted octanol–water partition coefficient (Wildman–Crippen LogP) is 5.24. The quantitative estimate of drug-likeness (QED) is 0.541. The molecular weight excluding hydrogens is 411 g/mol. The second-order valence-electron chi connectivity index (χ2n) is 9.65. The molecule has 3 aromatic rings. The Bertz CT molecular complexity index is 1090. The molecule has 1 atom stereocenters. The molecule has 0 aliphatic carbocycles. The summed E-state index contributed by atoms with van der Waals surface area (Å²) in [4.78, 5) is 16.6. The molecule has 2 aromatic heterocycles. The molecular formula is C24H31FN4O3. The number of alkyl carbamates (subject to hydrolysis) is 1. The Labute approximate surface area is 187 Å². The summed E-state index contributed by atoms with van der Waals surface area (Å²) >= 11 is 0. The van der Waals surface area contributed by atoms with Crippen molar-refractivity contribution in [1.82, 2.24) is 19.9 Å². The Balaban J connectivity index is 1.76. The number of hydrogen-bond donors (Lipinski definition) is 1. The molecule has 0 aliphatic rings. The molecule has 32 heavy (non-hydrogen) atoms. The van der Waals surface area contributed by atoms with E-state index in [-0.39, 0.29) is 18.3 Å². The van der Waals surface area contributed by atoms with E-state index in [2.05, 4.69) is 29.2 Å². The predicted molar refractivity (Wildman–Crippen MR) is 121 cm³/mol. The number of amides is 1. The minimum Gasteiger partial charge on any atom is -0.488 e. The second kappa shape index (κ2) is 9.14. The number of halogens is 1. The van der Waals surface area contributed by atoms with Gasteiger partial charge < -0.3 is 14.8 Å². The van der Waals surface area contributed by atoms with E-state index < -0.39 is 23.1 Å². The van der Waals surface area contributed by atoms with Gasteiger partial charge in [-0.25, -0.2) is 18.7 Å². The number of carbonyl (C=O) groups is 1. The molecule has 1 aromatic carbocycles. The summed E-state index contributed by atoms with van der Waals surface area (Å²) in [6.07, 6.45) is 3.42. The van der Waals surface area contributed by atoms with E-state index in [0.29, 0.717) is 17.6 Å². The van der Waals surface area contributed by atoms with Gasteiger partial charge in [-0.05, 0) is 64.3 Å². The molecule has 3 rings (SSSR count). The van der Waals surface area contributed by atoms with Crippen molar-refractivity contribution in [1.29, 1.82) is 0 Å². The van der Waals surface area contributed by atoms with Gasteiger partial charge in [-0.3, -0.25) is 0 Å². The molecule has 1 N–H and O–H groups in total. The molecule has 0 bridgehead atoms. The number of benzene rings is 1. The van der Waals surface area contributed by atoms with Gasteiger partial charge in [0.1, 0.15) is 12.2 Å². The van der Waals surface area contributed by atoms with Crippen molar-refractivity contribution in [3.8, 4) is 17.0 Å². The Kier molecular flexibility index (Phi) is 6.71. The average molecular weight is 443 g/mol. The third-order valence-corrected chi connectivity index (χ3v) is 4.73. The van der Waals surface area contributed by atoms with Crippen LogP contribution in [0.25, 0.3) is 16.9 Å². The van der Waals surface area contributed by atoms with Crippen LogP contribution in [0.3, 0.4) is 0 Å². The lowest BCUT2D eigenvalue weighted by atomic mass is 9.91. The van der Waals surface area contributed by atoms with Gasteiger partial charge >= 0.3 is 6.09 Å². The first kappa shape index (κ1) is 23.5. The number of nitrogens with zero attached hydrogens (tertiary/aromatic N) is 3. The Morgan fingerprint density at radius 1 is 1.16 bits per heavy atom. The number of rotatable bonds is 7. The van der Waals surface area contributed by atoms with Crippen LogP contribution in [0, 0.1) is 11.7 Å². The molecule has 0 saturated heterocycles. The Morgan fingerprint density at radius 3 is 2.56 bits per heavy atom. The number of fused-ring (bicyclic) bond motifs is 1. The molecule has 8 heteroatoms. The molecule has 0 aliphatic heterocycles. The van der Waals surface area contributed by atoms with Gasteiger partial charge in [0, 0.05) is 17.8 Å². The van der Waals surface area contributed by atoms with Crippen LogP contribution in [0.5, 0.6) is 5.75 Å². The molecule has 172 valence electrons. The van der Waals surface area contributed by atoms with Gasteiger partial charge in [-0.1, -0.05) is 13.8 Å². The first-order chi connectivity index (χ1) is 15.0. The molecule has 7 nitrogen and oxygen atoms in total. The zero-order valence-corrected chi connectivity index (χ0v) is 19.5. The molecule has 0 fully saturated rings. The van der Waals surface area contributed by atoms with Crippen molar-refractivity contribution in [2.75, 3.05) is 6.61 Å².